The average Bonchev–Trinajstić information content (AvgIpc) is 2.44. The van der Waals surface area contributed by atoms with Crippen LogP contribution in [0.1, 0.15) is 43.2 Å². The number of benzene rings is 1. The fourth-order valence-electron chi connectivity index (χ4n) is 3.31. The molecule has 1 aromatic rings. The lowest BCUT2D eigenvalue weighted by Gasteiger charge is -2.24. The van der Waals surface area contributed by atoms with Gasteiger partial charge in [0.25, 0.3) is 5.91 Å². The summed E-state index contributed by atoms with van der Waals surface area (Å²) in [7, 11) is 2.14. The van der Waals surface area contributed by atoms with Gasteiger partial charge in [0.1, 0.15) is 0 Å². The van der Waals surface area contributed by atoms with E-state index < -0.39 is 0 Å². The number of carbonyl (C=O) groups is 1. The van der Waals surface area contributed by atoms with E-state index in [1.807, 2.05) is 12.1 Å². The second kappa shape index (κ2) is 7.60. The van der Waals surface area contributed by atoms with Crippen molar-refractivity contribution in [1.29, 1.82) is 0 Å². The Morgan fingerprint density at radius 1 is 1.24 bits per heavy atom. The van der Waals surface area contributed by atoms with Gasteiger partial charge >= 0.3 is 0 Å². The van der Waals surface area contributed by atoms with Gasteiger partial charge in [-0.25, -0.2) is 0 Å². The molecule has 116 valence electrons. The first-order valence-electron chi connectivity index (χ1n) is 8.23. The Balaban J connectivity index is 1.82. The summed E-state index contributed by atoms with van der Waals surface area (Å²) in [5.41, 5.74) is 3.33. The van der Waals surface area contributed by atoms with Gasteiger partial charge in [0.05, 0.1) is 13.6 Å². The van der Waals surface area contributed by atoms with Crippen LogP contribution in [-0.4, -0.2) is 26.0 Å². The van der Waals surface area contributed by atoms with E-state index in [1.54, 1.807) is 0 Å². The van der Waals surface area contributed by atoms with Crippen LogP contribution >= 0.6 is 0 Å². The van der Waals surface area contributed by atoms with Crippen LogP contribution in [-0.2, 0) is 4.79 Å². The molecule has 0 radical (unpaired) electrons. The second-order valence-electron chi connectivity index (χ2n) is 6.64. The van der Waals surface area contributed by atoms with Crippen molar-refractivity contribution >= 4 is 11.6 Å². The Kier molecular flexibility index (Phi) is 5.80. The third kappa shape index (κ3) is 4.85. The van der Waals surface area contributed by atoms with Crippen LogP contribution in [0.5, 0.6) is 0 Å². The number of amides is 1. The van der Waals surface area contributed by atoms with Crippen LogP contribution < -0.4 is 10.2 Å². The van der Waals surface area contributed by atoms with Crippen molar-refractivity contribution in [2.45, 2.75) is 46.0 Å². The van der Waals surface area contributed by atoms with E-state index in [1.165, 1.54) is 42.6 Å². The molecule has 0 aromatic heterocycles. The number of rotatable bonds is 5. The highest BCUT2D eigenvalue weighted by Gasteiger charge is 2.19. The van der Waals surface area contributed by atoms with Crippen molar-refractivity contribution in [3.8, 4) is 0 Å². The Labute approximate surface area is 128 Å². The summed E-state index contributed by atoms with van der Waals surface area (Å²) in [5, 5.41) is 3.06. The molecule has 2 rings (SSSR count). The number of hydrogen-bond acceptors (Lipinski definition) is 1. The quantitative estimate of drug-likeness (QED) is 0.857. The van der Waals surface area contributed by atoms with Crippen molar-refractivity contribution in [3.05, 3.63) is 29.3 Å². The largest absolute Gasteiger partial charge is 0.329 e. The molecule has 1 fully saturated rings. The van der Waals surface area contributed by atoms with Crippen LogP contribution in [0.25, 0.3) is 0 Å². The maximum absolute atomic E-state index is 12.2. The lowest BCUT2D eigenvalue weighted by atomic mass is 9.89. The number of aryl methyl sites for hydroxylation is 1. The average molecular weight is 289 g/mol. The minimum Gasteiger partial charge on any atom is -0.329 e. The number of likely N-dealkylation sites (N-methyl/N-ethyl adjacent to an activating group) is 1. The first kappa shape index (κ1) is 16.0. The van der Waals surface area contributed by atoms with E-state index in [9.17, 15) is 4.79 Å². The smallest absolute Gasteiger partial charge is 0.279 e. The van der Waals surface area contributed by atoms with E-state index in [2.05, 4.69) is 32.3 Å². The fraction of sp³-hybridized carbons (Fsp3) is 0.611. The normalized spacial score (nSPS) is 17.5. The lowest BCUT2D eigenvalue weighted by molar-refractivity contribution is -0.874. The number of anilines is 1. The number of carbonyl (C=O) groups excluding carboxylic acids is 1. The van der Waals surface area contributed by atoms with Crippen molar-refractivity contribution in [3.63, 3.8) is 0 Å². The highest BCUT2D eigenvalue weighted by Crippen LogP contribution is 2.22. The van der Waals surface area contributed by atoms with E-state index in [0.717, 1.165) is 23.7 Å². The van der Waals surface area contributed by atoms with Crippen LogP contribution in [0.3, 0.4) is 0 Å². The molecule has 0 saturated heterocycles. The van der Waals surface area contributed by atoms with Crippen LogP contribution in [0.15, 0.2) is 18.2 Å². The van der Waals surface area contributed by atoms with Gasteiger partial charge in [-0.1, -0.05) is 31.4 Å². The molecule has 21 heavy (non-hydrogen) atoms. The number of hydrogen-bond donors (Lipinski definition) is 2. The van der Waals surface area contributed by atoms with Crippen LogP contribution in [0, 0.1) is 19.8 Å². The zero-order valence-corrected chi connectivity index (χ0v) is 13.7. The van der Waals surface area contributed by atoms with Gasteiger partial charge in [-0.15, -0.1) is 0 Å². The Bertz CT molecular complexity index is 478. The minimum atomic E-state index is 0.122. The summed E-state index contributed by atoms with van der Waals surface area (Å²) in [4.78, 5) is 13.5. The van der Waals surface area contributed by atoms with Crippen LogP contribution in [0.2, 0.25) is 0 Å². The summed E-state index contributed by atoms with van der Waals surface area (Å²) in [6.45, 7) is 5.82. The SMILES string of the molecule is Cc1cccc(NC(=O)C[NH+](C)CC2CCCCC2)c1C. The minimum absolute atomic E-state index is 0.122. The predicted octanol–water partition coefficient (Wildman–Crippen LogP) is 2.34. The molecule has 0 heterocycles. The van der Waals surface area contributed by atoms with Gasteiger partial charge in [0, 0.05) is 11.6 Å². The van der Waals surface area contributed by atoms with Crippen molar-refractivity contribution in [2.24, 2.45) is 5.92 Å². The van der Waals surface area contributed by atoms with E-state index >= 15 is 0 Å². The van der Waals surface area contributed by atoms with Gasteiger partial charge in [0.15, 0.2) is 6.54 Å². The van der Waals surface area contributed by atoms with Gasteiger partial charge < -0.3 is 10.2 Å². The number of nitrogens with one attached hydrogen (secondary N) is 2. The van der Waals surface area contributed by atoms with Crippen molar-refractivity contribution < 1.29 is 9.69 Å². The van der Waals surface area contributed by atoms with Crippen LogP contribution in [0.4, 0.5) is 5.69 Å². The third-order valence-electron chi connectivity index (χ3n) is 4.70. The van der Waals surface area contributed by atoms with Gasteiger partial charge in [-0.2, -0.15) is 0 Å². The standard InChI is InChI=1S/C18H28N2O/c1-14-8-7-11-17(15(14)2)19-18(21)13-20(3)12-16-9-5-4-6-10-16/h7-8,11,16H,4-6,9-10,12-13H2,1-3H3,(H,19,21)/p+1. The zero-order valence-electron chi connectivity index (χ0n) is 13.7. The molecule has 1 amide bonds. The molecule has 0 bridgehead atoms. The second-order valence-corrected chi connectivity index (χ2v) is 6.64. The third-order valence-corrected chi connectivity index (χ3v) is 4.70. The van der Waals surface area contributed by atoms with Crippen molar-refractivity contribution in [2.75, 3.05) is 25.5 Å². The molecule has 1 aliphatic rings. The summed E-state index contributed by atoms with van der Waals surface area (Å²) in [6, 6.07) is 6.05. The Hall–Kier alpha value is -1.35. The van der Waals surface area contributed by atoms with E-state index in [0.29, 0.717) is 6.54 Å². The van der Waals surface area contributed by atoms with Gasteiger partial charge in [-0.05, 0) is 43.9 Å². The number of quaternary nitrogens is 1. The topological polar surface area (TPSA) is 33.5 Å². The molecular formula is C18H29N2O+. The molecule has 2 N–H and O–H groups in total. The van der Waals surface area contributed by atoms with Gasteiger partial charge in [-0.3, -0.25) is 4.79 Å². The summed E-state index contributed by atoms with van der Waals surface area (Å²) < 4.78 is 0. The van der Waals surface area contributed by atoms with Crippen molar-refractivity contribution in [1.82, 2.24) is 0 Å². The lowest BCUT2D eigenvalue weighted by Crippen LogP contribution is -3.10. The maximum Gasteiger partial charge on any atom is 0.279 e. The molecular weight excluding hydrogens is 260 g/mol. The maximum atomic E-state index is 12.2. The predicted molar refractivity (Wildman–Crippen MR) is 87.7 cm³/mol. The van der Waals surface area contributed by atoms with Gasteiger partial charge in [0.2, 0.25) is 0 Å². The summed E-state index contributed by atoms with van der Waals surface area (Å²) in [5.74, 6) is 0.935. The van der Waals surface area contributed by atoms with E-state index in [-0.39, 0.29) is 5.91 Å². The monoisotopic (exact) mass is 289 g/mol. The highest BCUT2D eigenvalue weighted by atomic mass is 16.2. The molecule has 3 nitrogen and oxygen atoms in total. The Morgan fingerprint density at radius 3 is 2.67 bits per heavy atom. The molecule has 3 heteroatoms. The molecule has 0 aliphatic heterocycles. The first-order chi connectivity index (χ1) is 10.1. The molecule has 1 atom stereocenters. The fourth-order valence-corrected chi connectivity index (χ4v) is 3.31. The first-order valence-corrected chi connectivity index (χ1v) is 8.23. The van der Waals surface area contributed by atoms with E-state index in [4.69, 9.17) is 0 Å². The molecule has 1 aromatic carbocycles. The highest BCUT2D eigenvalue weighted by molar-refractivity contribution is 5.92. The summed E-state index contributed by atoms with van der Waals surface area (Å²) >= 11 is 0. The Morgan fingerprint density at radius 2 is 1.95 bits per heavy atom. The molecule has 0 spiro atoms. The molecule has 1 saturated carbocycles. The molecule has 1 aliphatic carbocycles. The zero-order chi connectivity index (χ0) is 15.2. The molecule has 1 unspecified atom stereocenters. The summed E-state index contributed by atoms with van der Waals surface area (Å²) in [6.07, 6.45) is 6.81.